The molecule has 5 nitrogen and oxygen atoms in total. The number of hydrogen-bond acceptors (Lipinski definition) is 5. The number of alkyl halides is 3. The van der Waals surface area contributed by atoms with Crippen LogP contribution in [-0.4, -0.2) is 33.0 Å². The fourth-order valence-corrected chi connectivity index (χ4v) is 3.44. The molecule has 9 heteroatoms. The SMILES string of the molecule is COC(=O)C(C)(C)C(=O)CS(=O)(=O)c1ccccc1C(F)(F)F. The van der Waals surface area contributed by atoms with Gasteiger partial charge in [0.15, 0.2) is 15.6 Å². The summed E-state index contributed by atoms with van der Waals surface area (Å²) >= 11 is 0. The molecule has 0 saturated heterocycles. The van der Waals surface area contributed by atoms with Crippen LogP contribution >= 0.6 is 0 Å². The Balaban J connectivity index is 3.26. The summed E-state index contributed by atoms with van der Waals surface area (Å²) in [6.07, 6.45) is -4.88. The van der Waals surface area contributed by atoms with Crippen LogP contribution < -0.4 is 0 Å². The molecule has 0 bridgehead atoms. The van der Waals surface area contributed by atoms with Crippen LogP contribution in [0.1, 0.15) is 19.4 Å². The van der Waals surface area contributed by atoms with Crippen molar-refractivity contribution in [3.8, 4) is 0 Å². The highest BCUT2D eigenvalue weighted by Crippen LogP contribution is 2.34. The van der Waals surface area contributed by atoms with Crippen molar-refractivity contribution in [1.29, 1.82) is 0 Å². The molecule has 23 heavy (non-hydrogen) atoms. The molecule has 0 spiro atoms. The van der Waals surface area contributed by atoms with Crippen LogP contribution in [0.15, 0.2) is 29.2 Å². The summed E-state index contributed by atoms with van der Waals surface area (Å²) < 4.78 is 67.5. The van der Waals surface area contributed by atoms with Gasteiger partial charge in [0.05, 0.1) is 17.6 Å². The van der Waals surface area contributed by atoms with Gasteiger partial charge < -0.3 is 4.74 Å². The summed E-state index contributed by atoms with van der Waals surface area (Å²) in [4.78, 5) is 22.6. The van der Waals surface area contributed by atoms with Crippen molar-refractivity contribution in [3.63, 3.8) is 0 Å². The van der Waals surface area contributed by atoms with Gasteiger partial charge in [0.25, 0.3) is 0 Å². The second-order valence-corrected chi connectivity index (χ2v) is 7.25. The van der Waals surface area contributed by atoms with Crippen LogP contribution in [0.2, 0.25) is 0 Å². The Morgan fingerprint density at radius 1 is 1.13 bits per heavy atom. The molecular formula is C14H15F3O5S. The number of benzene rings is 1. The average Bonchev–Trinajstić information content (AvgIpc) is 2.44. The maximum atomic E-state index is 12.9. The van der Waals surface area contributed by atoms with Gasteiger partial charge in [-0.2, -0.15) is 13.2 Å². The summed E-state index contributed by atoms with van der Waals surface area (Å²) in [6.45, 7) is 2.29. The van der Waals surface area contributed by atoms with Crippen molar-refractivity contribution in [1.82, 2.24) is 0 Å². The lowest BCUT2D eigenvalue weighted by molar-refractivity contribution is -0.155. The number of rotatable bonds is 5. The first-order valence-electron chi connectivity index (χ1n) is 6.34. The number of halogens is 3. The molecule has 0 amide bonds. The number of hydrogen-bond donors (Lipinski definition) is 0. The number of sulfone groups is 1. The van der Waals surface area contributed by atoms with E-state index in [4.69, 9.17) is 0 Å². The number of carbonyl (C=O) groups excluding carboxylic acids is 2. The van der Waals surface area contributed by atoms with Gasteiger partial charge in [-0.25, -0.2) is 8.42 Å². The van der Waals surface area contributed by atoms with Crippen molar-refractivity contribution in [2.45, 2.75) is 24.9 Å². The Bertz CT molecular complexity index is 720. The van der Waals surface area contributed by atoms with Gasteiger partial charge in [-0.15, -0.1) is 0 Å². The van der Waals surface area contributed by atoms with Crippen molar-refractivity contribution in [2.75, 3.05) is 12.9 Å². The minimum atomic E-state index is -4.88. The topological polar surface area (TPSA) is 77.5 Å². The van der Waals surface area contributed by atoms with E-state index in [1.54, 1.807) is 0 Å². The summed E-state index contributed by atoms with van der Waals surface area (Å²) in [5.41, 5.74) is -3.14. The van der Waals surface area contributed by atoms with Gasteiger partial charge in [0.1, 0.15) is 11.2 Å². The largest absolute Gasteiger partial charge is 0.468 e. The van der Waals surface area contributed by atoms with E-state index in [9.17, 15) is 31.2 Å². The molecule has 0 unspecified atom stereocenters. The highest BCUT2D eigenvalue weighted by atomic mass is 32.2. The van der Waals surface area contributed by atoms with E-state index in [1.165, 1.54) is 0 Å². The second kappa shape index (κ2) is 6.31. The molecule has 0 aliphatic rings. The predicted octanol–water partition coefficient (Wildman–Crippen LogP) is 2.25. The monoisotopic (exact) mass is 352 g/mol. The quantitative estimate of drug-likeness (QED) is 0.600. The molecule has 0 saturated carbocycles. The maximum absolute atomic E-state index is 12.9. The van der Waals surface area contributed by atoms with Crippen LogP contribution in [-0.2, 0) is 30.3 Å². The maximum Gasteiger partial charge on any atom is 0.417 e. The van der Waals surface area contributed by atoms with Crippen LogP contribution in [0.5, 0.6) is 0 Å². The number of Topliss-reactive ketones (excluding diaryl/α,β-unsaturated/α-hetero) is 1. The lowest BCUT2D eigenvalue weighted by Crippen LogP contribution is -2.38. The first-order valence-corrected chi connectivity index (χ1v) is 8.00. The Labute approximate surface area is 131 Å². The number of carbonyl (C=O) groups is 2. The molecule has 1 rings (SSSR count). The number of esters is 1. The third-order valence-corrected chi connectivity index (χ3v) is 4.91. The van der Waals surface area contributed by atoms with E-state index in [2.05, 4.69) is 4.74 Å². The first-order chi connectivity index (χ1) is 10.3. The molecule has 0 aliphatic heterocycles. The zero-order valence-corrected chi connectivity index (χ0v) is 13.4. The zero-order valence-electron chi connectivity index (χ0n) is 12.6. The van der Waals surface area contributed by atoms with Crippen molar-refractivity contribution in [3.05, 3.63) is 29.8 Å². The second-order valence-electron chi connectivity index (χ2n) is 5.29. The Morgan fingerprint density at radius 3 is 2.13 bits per heavy atom. The smallest absolute Gasteiger partial charge is 0.417 e. The molecule has 0 atom stereocenters. The lowest BCUT2D eigenvalue weighted by Gasteiger charge is -2.20. The van der Waals surface area contributed by atoms with E-state index < -0.39 is 49.4 Å². The minimum Gasteiger partial charge on any atom is -0.468 e. The molecule has 0 fully saturated rings. The normalized spacial score (nSPS) is 12.8. The van der Waals surface area contributed by atoms with E-state index in [-0.39, 0.29) is 0 Å². The van der Waals surface area contributed by atoms with Crippen LogP contribution in [0.25, 0.3) is 0 Å². The standard InChI is InChI=1S/C14H15F3O5S/c1-13(2,12(19)22-3)11(18)8-23(20,21)10-7-5-4-6-9(10)14(15,16)17/h4-7H,8H2,1-3H3. The third kappa shape index (κ3) is 4.10. The zero-order chi connectivity index (χ0) is 18.1. The number of methoxy groups -OCH3 is 1. The van der Waals surface area contributed by atoms with Gasteiger partial charge in [-0.05, 0) is 26.0 Å². The summed E-state index contributed by atoms with van der Waals surface area (Å²) in [6, 6.07) is 3.56. The molecule has 0 N–H and O–H groups in total. The van der Waals surface area contributed by atoms with Gasteiger partial charge in [-0.3, -0.25) is 9.59 Å². The van der Waals surface area contributed by atoms with Crippen LogP contribution in [0.3, 0.4) is 0 Å². The molecule has 128 valence electrons. The Kier molecular flexibility index (Phi) is 5.25. The van der Waals surface area contributed by atoms with E-state index in [0.717, 1.165) is 39.2 Å². The minimum absolute atomic E-state index is 0.614. The Morgan fingerprint density at radius 2 is 1.65 bits per heavy atom. The highest BCUT2D eigenvalue weighted by molar-refractivity contribution is 7.92. The van der Waals surface area contributed by atoms with Crippen LogP contribution in [0.4, 0.5) is 13.2 Å². The van der Waals surface area contributed by atoms with Crippen molar-refractivity contribution in [2.24, 2.45) is 5.41 Å². The van der Waals surface area contributed by atoms with Gasteiger partial charge >= 0.3 is 12.1 Å². The fraction of sp³-hybridized carbons (Fsp3) is 0.429. The molecule has 1 aromatic rings. The van der Waals surface area contributed by atoms with Gasteiger partial charge in [0, 0.05) is 0 Å². The van der Waals surface area contributed by atoms with Crippen LogP contribution in [0, 0.1) is 5.41 Å². The van der Waals surface area contributed by atoms with Gasteiger partial charge in [0.2, 0.25) is 0 Å². The molecular weight excluding hydrogens is 337 g/mol. The van der Waals surface area contributed by atoms with E-state index >= 15 is 0 Å². The summed E-state index contributed by atoms with van der Waals surface area (Å²) in [5.74, 6) is -3.26. The summed E-state index contributed by atoms with van der Waals surface area (Å²) in [5, 5.41) is 0. The molecule has 0 aliphatic carbocycles. The summed E-state index contributed by atoms with van der Waals surface area (Å²) in [7, 11) is -3.56. The number of ether oxygens (including phenoxy) is 1. The third-order valence-electron chi connectivity index (χ3n) is 3.24. The molecule has 0 radical (unpaired) electrons. The molecule has 1 aromatic carbocycles. The Hall–Kier alpha value is -1.90. The van der Waals surface area contributed by atoms with E-state index in [0.29, 0.717) is 6.07 Å². The van der Waals surface area contributed by atoms with E-state index in [1.807, 2.05) is 0 Å². The molecule has 0 aromatic heterocycles. The van der Waals surface area contributed by atoms with Crippen molar-refractivity contribution < 1.29 is 35.9 Å². The van der Waals surface area contributed by atoms with Crippen molar-refractivity contribution >= 4 is 21.6 Å². The number of ketones is 1. The lowest BCUT2D eigenvalue weighted by atomic mass is 9.89. The predicted molar refractivity (Wildman–Crippen MR) is 74.3 cm³/mol. The average molecular weight is 352 g/mol. The van der Waals surface area contributed by atoms with Gasteiger partial charge in [-0.1, -0.05) is 12.1 Å². The molecule has 0 heterocycles. The highest BCUT2D eigenvalue weighted by Gasteiger charge is 2.42. The first kappa shape index (κ1) is 19.1. The fourth-order valence-electron chi connectivity index (χ4n) is 1.77.